The van der Waals surface area contributed by atoms with Crippen molar-refractivity contribution in [3.8, 4) is 0 Å². The first-order valence-corrected chi connectivity index (χ1v) is 7.84. The highest BCUT2D eigenvalue weighted by molar-refractivity contribution is 6.30. The molecule has 5 heteroatoms. The van der Waals surface area contributed by atoms with Crippen molar-refractivity contribution in [1.29, 1.82) is 0 Å². The van der Waals surface area contributed by atoms with Gasteiger partial charge in [0.2, 0.25) is 11.8 Å². The maximum atomic E-state index is 12.6. The lowest BCUT2D eigenvalue weighted by Crippen LogP contribution is -2.48. The fourth-order valence-corrected chi connectivity index (χ4v) is 3.12. The number of rotatable bonds is 3. The minimum absolute atomic E-state index is 0.0492. The van der Waals surface area contributed by atoms with Crippen molar-refractivity contribution in [2.24, 2.45) is 0 Å². The average Bonchev–Trinajstić information content (AvgIpc) is 3.27. The van der Waals surface area contributed by atoms with E-state index in [4.69, 9.17) is 11.6 Å². The summed E-state index contributed by atoms with van der Waals surface area (Å²) in [7, 11) is 0. The van der Waals surface area contributed by atoms with Crippen LogP contribution in [-0.2, 0) is 15.0 Å². The van der Waals surface area contributed by atoms with E-state index in [0.717, 1.165) is 31.2 Å². The summed E-state index contributed by atoms with van der Waals surface area (Å²) < 4.78 is 0. The summed E-state index contributed by atoms with van der Waals surface area (Å²) >= 11 is 6.02. The van der Waals surface area contributed by atoms with Crippen LogP contribution in [0.15, 0.2) is 24.3 Å². The molecule has 2 N–H and O–H groups in total. The van der Waals surface area contributed by atoms with E-state index in [1.165, 1.54) is 0 Å². The second kappa shape index (κ2) is 5.68. The van der Waals surface area contributed by atoms with E-state index in [0.29, 0.717) is 18.0 Å². The fourth-order valence-electron chi connectivity index (χ4n) is 2.93. The van der Waals surface area contributed by atoms with Crippen LogP contribution in [0, 0.1) is 0 Å². The van der Waals surface area contributed by atoms with Gasteiger partial charge in [-0.1, -0.05) is 23.7 Å². The first-order valence-electron chi connectivity index (χ1n) is 7.46. The molecule has 4 nitrogen and oxygen atoms in total. The summed E-state index contributed by atoms with van der Waals surface area (Å²) in [4.78, 5) is 24.6. The van der Waals surface area contributed by atoms with E-state index in [1.807, 2.05) is 18.2 Å². The Hall–Kier alpha value is -1.55. The maximum absolute atomic E-state index is 12.6. The van der Waals surface area contributed by atoms with E-state index >= 15 is 0 Å². The molecule has 1 aromatic rings. The molecule has 112 valence electrons. The number of halogens is 1. The van der Waals surface area contributed by atoms with E-state index in [1.54, 1.807) is 6.07 Å². The van der Waals surface area contributed by atoms with Crippen molar-refractivity contribution < 1.29 is 9.59 Å². The van der Waals surface area contributed by atoms with E-state index < -0.39 is 11.5 Å². The molecule has 1 saturated carbocycles. The molecule has 0 spiro atoms. The van der Waals surface area contributed by atoms with Crippen molar-refractivity contribution in [3.63, 3.8) is 0 Å². The minimum atomic E-state index is -0.489. The second-order valence-corrected chi connectivity index (χ2v) is 6.34. The summed E-state index contributed by atoms with van der Waals surface area (Å²) in [5.74, 6) is -0.116. The van der Waals surface area contributed by atoms with Gasteiger partial charge in [0, 0.05) is 11.6 Å². The molecule has 1 heterocycles. The van der Waals surface area contributed by atoms with E-state index in [2.05, 4.69) is 10.6 Å². The van der Waals surface area contributed by atoms with Crippen molar-refractivity contribution >= 4 is 23.4 Å². The number of benzene rings is 1. The topological polar surface area (TPSA) is 58.2 Å². The Labute approximate surface area is 129 Å². The smallest absolute Gasteiger partial charge is 0.242 e. The van der Waals surface area contributed by atoms with Gasteiger partial charge in [0.05, 0.1) is 5.41 Å². The number of amides is 2. The third-order valence-electron chi connectivity index (χ3n) is 4.40. The molecule has 0 unspecified atom stereocenters. The second-order valence-electron chi connectivity index (χ2n) is 5.91. The van der Waals surface area contributed by atoms with Crippen molar-refractivity contribution in [2.75, 3.05) is 6.54 Å². The summed E-state index contributed by atoms with van der Waals surface area (Å²) in [6.45, 7) is 0.699. The molecule has 1 atom stereocenters. The maximum Gasteiger partial charge on any atom is 0.242 e. The van der Waals surface area contributed by atoms with Crippen LogP contribution in [0.2, 0.25) is 5.02 Å². The molecule has 21 heavy (non-hydrogen) atoms. The van der Waals surface area contributed by atoms with Gasteiger partial charge in [-0.15, -0.1) is 0 Å². The molecular weight excluding hydrogens is 288 g/mol. The van der Waals surface area contributed by atoms with Gasteiger partial charge in [0.1, 0.15) is 6.04 Å². The normalized spacial score (nSPS) is 23.9. The van der Waals surface area contributed by atoms with Crippen LogP contribution in [0.25, 0.3) is 0 Å². The van der Waals surface area contributed by atoms with Crippen LogP contribution in [0.1, 0.15) is 37.7 Å². The van der Waals surface area contributed by atoms with Crippen molar-refractivity contribution in [3.05, 3.63) is 34.9 Å². The Morgan fingerprint density at radius 3 is 2.86 bits per heavy atom. The molecule has 0 radical (unpaired) electrons. The quantitative estimate of drug-likeness (QED) is 0.899. The molecule has 3 rings (SSSR count). The fraction of sp³-hybridized carbons (Fsp3) is 0.500. The van der Waals surface area contributed by atoms with Gasteiger partial charge in [-0.05, 0) is 49.8 Å². The van der Waals surface area contributed by atoms with Crippen LogP contribution in [-0.4, -0.2) is 24.4 Å². The van der Waals surface area contributed by atoms with Crippen molar-refractivity contribution in [2.45, 2.75) is 43.6 Å². The molecular formula is C16H19ClN2O2. The Bertz CT molecular complexity index is 569. The molecule has 1 aliphatic heterocycles. The Morgan fingerprint density at radius 2 is 2.14 bits per heavy atom. The zero-order valence-corrected chi connectivity index (χ0v) is 12.6. The monoisotopic (exact) mass is 306 g/mol. The third-order valence-corrected chi connectivity index (χ3v) is 4.64. The SMILES string of the molecule is O=C1NCCCC[C@H]1NC(=O)C1(c2cccc(Cl)c2)CC1. The van der Waals surface area contributed by atoms with Gasteiger partial charge in [-0.3, -0.25) is 9.59 Å². The number of hydrogen-bond donors (Lipinski definition) is 2. The molecule has 2 fully saturated rings. The molecule has 1 aromatic carbocycles. The first-order chi connectivity index (χ1) is 10.1. The van der Waals surface area contributed by atoms with Crippen molar-refractivity contribution in [1.82, 2.24) is 10.6 Å². The lowest BCUT2D eigenvalue weighted by Gasteiger charge is -2.21. The van der Waals surface area contributed by atoms with Gasteiger partial charge in [0.15, 0.2) is 0 Å². The van der Waals surface area contributed by atoms with Crippen LogP contribution in [0.4, 0.5) is 0 Å². The number of carbonyl (C=O) groups excluding carboxylic acids is 2. The summed E-state index contributed by atoms with van der Waals surface area (Å²) in [5, 5.41) is 6.42. The highest BCUT2D eigenvalue weighted by Gasteiger charge is 2.52. The number of hydrogen-bond acceptors (Lipinski definition) is 2. The molecule has 0 aromatic heterocycles. The predicted molar refractivity (Wildman–Crippen MR) is 81.2 cm³/mol. The van der Waals surface area contributed by atoms with Gasteiger partial charge < -0.3 is 10.6 Å². The first kappa shape index (κ1) is 14.4. The summed E-state index contributed by atoms with van der Waals surface area (Å²) in [5.41, 5.74) is 0.457. The lowest BCUT2D eigenvalue weighted by atomic mass is 9.94. The largest absolute Gasteiger partial charge is 0.354 e. The minimum Gasteiger partial charge on any atom is -0.354 e. The molecule has 0 bridgehead atoms. The Morgan fingerprint density at radius 1 is 1.33 bits per heavy atom. The zero-order chi connectivity index (χ0) is 14.9. The van der Waals surface area contributed by atoms with Gasteiger partial charge in [-0.25, -0.2) is 0 Å². The molecule has 1 saturated heterocycles. The average molecular weight is 307 g/mol. The zero-order valence-electron chi connectivity index (χ0n) is 11.8. The molecule has 1 aliphatic carbocycles. The summed E-state index contributed by atoms with van der Waals surface area (Å²) in [6.07, 6.45) is 4.26. The van der Waals surface area contributed by atoms with Crippen LogP contribution >= 0.6 is 11.6 Å². The number of carbonyl (C=O) groups is 2. The van der Waals surface area contributed by atoms with Gasteiger partial charge in [-0.2, -0.15) is 0 Å². The molecule has 2 aliphatic rings. The Balaban J connectivity index is 1.74. The summed E-state index contributed by atoms with van der Waals surface area (Å²) in [6, 6.07) is 7.05. The van der Waals surface area contributed by atoms with Crippen LogP contribution < -0.4 is 10.6 Å². The standard InChI is InChI=1S/C16H19ClN2O2/c17-12-5-3-4-11(10-12)16(7-8-16)15(21)19-13-6-1-2-9-18-14(13)20/h3-5,10,13H,1-2,6-9H2,(H,18,20)(H,19,21)/t13-/m1/s1. The number of nitrogens with one attached hydrogen (secondary N) is 2. The van der Waals surface area contributed by atoms with E-state index in [9.17, 15) is 9.59 Å². The lowest BCUT2D eigenvalue weighted by molar-refractivity contribution is -0.130. The third kappa shape index (κ3) is 2.91. The van der Waals surface area contributed by atoms with Gasteiger partial charge >= 0.3 is 0 Å². The predicted octanol–water partition coefficient (Wildman–Crippen LogP) is 2.16. The highest BCUT2D eigenvalue weighted by Crippen LogP contribution is 2.49. The molecule has 2 amide bonds. The van der Waals surface area contributed by atoms with Crippen LogP contribution in [0.5, 0.6) is 0 Å². The highest BCUT2D eigenvalue weighted by atomic mass is 35.5. The van der Waals surface area contributed by atoms with E-state index in [-0.39, 0.29) is 11.8 Å². The van der Waals surface area contributed by atoms with Gasteiger partial charge in [0.25, 0.3) is 0 Å². The Kier molecular flexibility index (Phi) is 3.89. The van der Waals surface area contributed by atoms with Crippen LogP contribution in [0.3, 0.4) is 0 Å².